The summed E-state index contributed by atoms with van der Waals surface area (Å²) in [7, 11) is 0. The number of aryl methyl sites for hydroxylation is 1. The lowest BCUT2D eigenvalue weighted by molar-refractivity contribution is 0.0907. The number of carbonyl (C=O) groups is 1. The van der Waals surface area contributed by atoms with E-state index in [4.69, 9.17) is 5.10 Å². The van der Waals surface area contributed by atoms with Gasteiger partial charge in [-0.2, -0.15) is 5.10 Å². The van der Waals surface area contributed by atoms with E-state index in [0.717, 1.165) is 56.4 Å². The maximum Gasteiger partial charge on any atom is 0.272 e. The van der Waals surface area contributed by atoms with Gasteiger partial charge in [0.2, 0.25) is 0 Å². The summed E-state index contributed by atoms with van der Waals surface area (Å²) in [6.45, 7) is 6.20. The molecule has 1 amide bonds. The zero-order valence-corrected chi connectivity index (χ0v) is 15.7. The Bertz CT molecular complexity index is 793. The van der Waals surface area contributed by atoms with Crippen molar-refractivity contribution in [1.82, 2.24) is 20.4 Å². The van der Waals surface area contributed by atoms with Crippen molar-refractivity contribution in [2.24, 2.45) is 5.92 Å². The monoisotopic (exact) mass is 352 g/mol. The average Bonchev–Trinajstić information content (AvgIpc) is 3.04. The van der Waals surface area contributed by atoms with Crippen molar-refractivity contribution in [3.63, 3.8) is 0 Å². The van der Waals surface area contributed by atoms with E-state index in [1.807, 2.05) is 4.68 Å². The number of amides is 1. The molecule has 1 aromatic heterocycles. The van der Waals surface area contributed by atoms with Crippen LogP contribution >= 0.6 is 0 Å². The van der Waals surface area contributed by atoms with Crippen LogP contribution in [-0.2, 0) is 12.8 Å². The molecule has 26 heavy (non-hydrogen) atoms. The van der Waals surface area contributed by atoms with Crippen molar-refractivity contribution < 1.29 is 4.79 Å². The van der Waals surface area contributed by atoms with Gasteiger partial charge in [0.25, 0.3) is 5.91 Å². The normalized spacial score (nSPS) is 22.7. The van der Waals surface area contributed by atoms with Crippen LogP contribution in [0.2, 0.25) is 0 Å². The Labute approximate surface area is 155 Å². The highest BCUT2D eigenvalue weighted by Gasteiger charge is 2.29. The van der Waals surface area contributed by atoms with Gasteiger partial charge in [-0.05, 0) is 70.2 Å². The summed E-state index contributed by atoms with van der Waals surface area (Å²) in [4.78, 5) is 13.0. The van der Waals surface area contributed by atoms with Crippen LogP contribution in [0.3, 0.4) is 0 Å². The van der Waals surface area contributed by atoms with Crippen molar-refractivity contribution in [2.75, 3.05) is 13.1 Å². The van der Waals surface area contributed by atoms with Gasteiger partial charge in [0.05, 0.1) is 5.69 Å². The highest BCUT2D eigenvalue weighted by molar-refractivity contribution is 5.94. The molecule has 1 aromatic carbocycles. The zero-order chi connectivity index (χ0) is 18.1. The summed E-state index contributed by atoms with van der Waals surface area (Å²) >= 11 is 0. The largest absolute Gasteiger partial charge is 0.348 e. The fraction of sp³-hybridized carbons (Fsp3) is 0.524. The van der Waals surface area contributed by atoms with E-state index in [9.17, 15) is 4.79 Å². The van der Waals surface area contributed by atoms with Gasteiger partial charge in [-0.25, -0.2) is 4.68 Å². The van der Waals surface area contributed by atoms with Gasteiger partial charge in [0.15, 0.2) is 5.69 Å². The molecule has 5 heteroatoms. The average molecular weight is 352 g/mol. The number of piperidine rings is 1. The van der Waals surface area contributed by atoms with Crippen LogP contribution in [0.5, 0.6) is 0 Å². The molecule has 1 fully saturated rings. The molecular weight excluding hydrogens is 324 g/mol. The Morgan fingerprint density at radius 2 is 2.00 bits per heavy atom. The van der Waals surface area contributed by atoms with Crippen molar-refractivity contribution in [1.29, 1.82) is 0 Å². The first kappa shape index (κ1) is 17.3. The topological polar surface area (TPSA) is 59.0 Å². The van der Waals surface area contributed by atoms with Crippen LogP contribution in [0, 0.1) is 12.8 Å². The Hall–Kier alpha value is -2.14. The minimum atomic E-state index is -0.00670. The zero-order valence-electron chi connectivity index (χ0n) is 15.7. The van der Waals surface area contributed by atoms with E-state index in [2.05, 4.69) is 48.7 Å². The fourth-order valence-electron chi connectivity index (χ4n) is 4.15. The Balaban J connectivity index is 1.65. The number of fused-ring (bicyclic) bond motifs is 1. The Morgan fingerprint density at radius 1 is 1.23 bits per heavy atom. The molecule has 2 heterocycles. The van der Waals surface area contributed by atoms with Crippen molar-refractivity contribution in [3.05, 3.63) is 46.8 Å². The molecule has 2 atom stereocenters. The molecule has 1 aliphatic heterocycles. The summed E-state index contributed by atoms with van der Waals surface area (Å²) in [6, 6.07) is 8.61. The standard InChI is InChI=1S/C21H28N4O/c1-14-7-9-16(10-8-14)25-19-6-4-3-5-17(19)20(24-25)21(26)23-18-11-12-22-13-15(18)2/h7-10,15,18,22H,3-6,11-13H2,1-2H3,(H,23,26). The summed E-state index contributed by atoms with van der Waals surface area (Å²) in [6.07, 6.45) is 5.22. The maximum absolute atomic E-state index is 13.0. The molecule has 2 aliphatic rings. The number of hydrogen-bond donors (Lipinski definition) is 2. The number of nitrogens with one attached hydrogen (secondary N) is 2. The molecule has 1 saturated heterocycles. The molecule has 1 aliphatic carbocycles. The SMILES string of the molecule is Cc1ccc(-n2nc(C(=O)NC3CCNCC3C)c3c2CCCC3)cc1. The van der Waals surface area contributed by atoms with Gasteiger partial charge in [-0.15, -0.1) is 0 Å². The molecule has 2 aromatic rings. The smallest absolute Gasteiger partial charge is 0.272 e. The van der Waals surface area contributed by atoms with E-state index >= 15 is 0 Å². The van der Waals surface area contributed by atoms with Crippen molar-refractivity contribution in [2.45, 2.75) is 52.0 Å². The molecule has 0 saturated carbocycles. The summed E-state index contributed by atoms with van der Waals surface area (Å²) in [5.74, 6) is 0.440. The summed E-state index contributed by atoms with van der Waals surface area (Å²) < 4.78 is 1.99. The molecule has 2 unspecified atom stereocenters. The number of rotatable bonds is 3. The minimum Gasteiger partial charge on any atom is -0.348 e. The number of benzene rings is 1. The molecule has 2 N–H and O–H groups in total. The Morgan fingerprint density at radius 3 is 2.77 bits per heavy atom. The highest BCUT2D eigenvalue weighted by Crippen LogP contribution is 2.27. The van der Waals surface area contributed by atoms with Crippen molar-refractivity contribution in [3.8, 4) is 5.69 Å². The lowest BCUT2D eigenvalue weighted by Crippen LogP contribution is -2.48. The second-order valence-electron chi connectivity index (χ2n) is 7.78. The molecule has 0 radical (unpaired) electrons. The lowest BCUT2D eigenvalue weighted by atomic mass is 9.93. The van der Waals surface area contributed by atoms with E-state index in [-0.39, 0.29) is 11.9 Å². The minimum absolute atomic E-state index is 0.00670. The molecule has 0 bridgehead atoms. The quantitative estimate of drug-likeness (QED) is 0.893. The van der Waals surface area contributed by atoms with Gasteiger partial charge in [0.1, 0.15) is 0 Å². The molecule has 0 spiro atoms. The van der Waals surface area contributed by atoms with E-state index < -0.39 is 0 Å². The second kappa shape index (κ2) is 7.23. The first-order chi connectivity index (χ1) is 12.6. The van der Waals surface area contributed by atoms with Crippen molar-refractivity contribution >= 4 is 5.91 Å². The van der Waals surface area contributed by atoms with Gasteiger partial charge in [-0.3, -0.25) is 4.79 Å². The van der Waals surface area contributed by atoms with Gasteiger partial charge < -0.3 is 10.6 Å². The second-order valence-corrected chi connectivity index (χ2v) is 7.78. The van der Waals surface area contributed by atoms with Crippen LogP contribution in [-0.4, -0.2) is 34.8 Å². The third-order valence-electron chi connectivity index (χ3n) is 5.78. The fourth-order valence-corrected chi connectivity index (χ4v) is 4.15. The molecular formula is C21H28N4O. The summed E-state index contributed by atoms with van der Waals surface area (Å²) in [5.41, 5.74) is 5.27. The van der Waals surface area contributed by atoms with Crippen LogP contribution < -0.4 is 10.6 Å². The first-order valence-corrected chi connectivity index (χ1v) is 9.83. The number of hydrogen-bond acceptors (Lipinski definition) is 3. The van der Waals surface area contributed by atoms with Crippen LogP contribution in [0.1, 0.15) is 53.5 Å². The Kier molecular flexibility index (Phi) is 4.81. The first-order valence-electron chi connectivity index (χ1n) is 9.83. The van der Waals surface area contributed by atoms with E-state index in [1.165, 1.54) is 11.3 Å². The highest BCUT2D eigenvalue weighted by atomic mass is 16.2. The number of nitrogens with zero attached hydrogens (tertiary/aromatic N) is 2. The number of carbonyl (C=O) groups excluding carboxylic acids is 1. The van der Waals surface area contributed by atoms with E-state index in [1.54, 1.807) is 0 Å². The number of aromatic nitrogens is 2. The van der Waals surface area contributed by atoms with Gasteiger partial charge in [-0.1, -0.05) is 24.6 Å². The van der Waals surface area contributed by atoms with Crippen LogP contribution in [0.25, 0.3) is 5.69 Å². The predicted molar refractivity (Wildman–Crippen MR) is 103 cm³/mol. The summed E-state index contributed by atoms with van der Waals surface area (Å²) in [5, 5.41) is 11.4. The molecule has 5 nitrogen and oxygen atoms in total. The molecule has 4 rings (SSSR count). The predicted octanol–water partition coefficient (Wildman–Crippen LogP) is 2.79. The lowest BCUT2D eigenvalue weighted by Gasteiger charge is -2.30. The van der Waals surface area contributed by atoms with E-state index in [0.29, 0.717) is 11.6 Å². The van der Waals surface area contributed by atoms with Crippen LogP contribution in [0.15, 0.2) is 24.3 Å². The van der Waals surface area contributed by atoms with Gasteiger partial charge in [0, 0.05) is 17.3 Å². The third-order valence-corrected chi connectivity index (χ3v) is 5.78. The third kappa shape index (κ3) is 3.28. The van der Waals surface area contributed by atoms with Crippen LogP contribution in [0.4, 0.5) is 0 Å². The maximum atomic E-state index is 13.0. The van der Waals surface area contributed by atoms with Gasteiger partial charge >= 0.3 is 0 Å². The molecule has 138 valence electrons.